The van der Waals surface area contributed by atoms with E-state index in [0.717, 1.165) is 12.0 Å². The number of H-pyrrole nitrogens is 1. The highest BCUT2D eigenvalue weighted by Gasteiger charge is 2.42. The number of pyridine rings is 1. The molecule has 1 aliphatic carbocycles. The Labute approximate surface area is 156 Å². The summed E-state index contributed by atoms with van der Waals surface area (Å²) in [6.07, 6.45) is 1.94. The molecule has 0 radical (unpaired) electrons. The quantitative estimate of drug-likeness (QED) is 0.759. The normalized spacial score (nSPS) is 31.3. The SMILES string of the molecule is Cc1cc(=O)[nH]c2nc(N[C@@H]3CCOC[C@H]3O)nc([C@@H]3CCC[C@]3(C)F)c12. The number of alkyl halides is 1. The fourth-order valence-electron chi connectivity index (χ4n) is 4.30. The zero-order chi connectivity index (χ0) is 19.2. The van der Waals surface area contributed by atoms with Crippen LogP contribution in [0.25, 0.3) is 11.0 Å². The molecule has 2 aromatic rings. The van der Waals surface area contributed by atoms with Crippen molar-refractivity contribution in [2.24, 2.45) is 0 Å². The minimum atomic E-state index is -1.35. The molecule has 0 amide bonds. The van der Waals surface area contributed by atoms with E-state index in [1.807, 2.05) is 6.92 Å². The summed E-state index contributed by atoms with van der Waals surface area (Å²) in [7, 11) is 0. The second-order valence-corrected chi connectivity index (χ2v) is 7.88. The van der Waals surface area contributed by atoms with E-state index in [2.05, 4.69) is 20.3 Å². The van der Waals surface area contributed by atoms with Crippen LogP contribution in [0, 0.1) is 6.92 Å². The highest BCUT2D eigenvalue weighted by atomic mass is 19.1. The van der Waals surface area contributed by atoms with Crippen LogP contribution >= 0.6 is 0 Å². The van der Waals surface area contributed by atoms with E-state index in [9.17, 15) is 9.90 Å². The number of aromatic amines is 1. The standard InChI is InChI=1S/C19H25FN4O3/c1-10-8-14(26)22-17-15(10)16(11-4-3-6-19(11,2)20)23-18(24-17)21-12-5-7-27-9-13(12)25/h8,11-13,25H,3-7,9H2,1-2H3,(H2,21,22,23,24,26)/t11-,12+,13+,19-/m0/s1. The molecule has 3 N–H and O–H groups in total. The zero-order valence-electron chi connectivity index (χ0n) is 15.6. The third-order valence-corrected chi connectivity index (χ3v) is 5.78. The van der Waals surface area contributed by atoms with Gasteiger partial charge in [-0.2, -0.15) is 4.98 Å². The molecule has 146 valence electrons. The molecule has 0 aromatic carbocycles. The number of hydrogen-bond donors (Lipinski definition) is 3. The fourth-order valence-corrected chi connectivity index (χ4v) is 4.30. The molecule has 0 unspecified atom stereocenters. The number of hydrogen-bond acceptors (Lipinski definition) is 6. The highest BCUT2D eigenvalue weighted by Crippen LogP contribution is 2.46. The van der Waals surface area contributed by atoms with Crippen LogP contribution in [0.1, 0.15) is 49.8 Å². The van der Waals surface area contributed by atoms with Crippen molar-refractivity contribution in [1.82, 2.24) is 15.0 Å². The Morgan fingerprint density at radius 3 is 2.93 bits per heavy atom. The lowest BCUT2D eigenvalue weighted by molar-refractivity contribution is -0.0136. The average Bonchev–Trinajstić information content (AvgIpc) is 2.95. The lowest BCUT2D eigenvalue weighted by Gasteiger charge is -2.29. The van der Waals surface area contributed by atoms with Crippen LogP contribution in [0.5, 0.6) is 0 Å². The van der Waals surface area contributed by atoms with Gasteiger partial charge in [0.2, 0.25) is 11.5 Å². The van der Waals surface area contributed by atoms with Crippen LogP contribution in [0.2, 0.25) is 0 Å². The van der Waals surface area contributed by atoms with Gasteiger partial charge in [-0.3, -0.25) is 4.79 Å². The lowest BCUT2D eigenvalue weighted by Crippen LogP contribution is -2.42. The summed E-state index contributed by atoms with van der Waals surface area (Å²) in [6, 6.07) is 1.25. The van der Waals surface area contributed by atoms with Crippen molar-refractivity contribution in [2.75, 3.05) is 18.5 Å². The summed E-state index contributed by atoms with van der Waals surface area (Å²) < 4.78 is 20.4. The Morgan fingerprint density at radius 1 is 1.41 bits per heavy atom. The fraction of sp³-hybridized carbons (Fsp3) is 0.632. The molecule has 1 aliphatic heterocycles. The highest BCUT2D eigenvalue weighted by molar-refractivity contribution is 5.82. The summed E-state index contributed by atoms with van der Waals surface area (Å²) in [4.78, 5) is 23.8. The predicted molar refractivity (Wildman–Crippen MR) is 99.9 cm³/mol. The first kappa shape index (κ1) is 18.3. The van der Waals surface area contributed by atoms with Crippen LogP contribution in [0.15, 0.2) is 10.9 Å². The van der Waals surface area contributed by atoms with Gasteiger partial charge in [-0.05, 0) is 45.1 Å². The number of halogens is 1. The maximum absolute atomic E-state index is 15.1. The van der Waals surface area contributed by atoms with Crippen molar-refractivity contribution in [2.45, 2.75) is 63.3 Å². The minimum absolute atomic E-state index is 0.249. The minimum Gasteiger partial charge on any atom is -0.389 e. The number of ether oxygens (including phenoxy) is 1. The Bertz CT molecular complexity index is 914. The molecule has 4 rings (SSSR count). The zero-order valence-corrected chi connectivity index (χ0v) is 15.6. The Morgan fingerprint density at radius 2 is 2.22 bits per heavy atom. The van der Waals surface area contributed by atoms with Gasteiger partial charge in [0.25, 0.3) is 0 Å². The molecule has 0 spiro atoms. The van der Waals surface area contributed by atoms with E-state index in [-0.39, 0.29) is 24.1 Å². The summed E-state index contributed by atoms with van der Waals surface area (Å²) >= 11 is 0. The molecule has 2 aromatic heterocycles. The molecule has 4 atom stereocenters. The van der Waals surface area contributed by atoms with Crippen LogP contribution in [0.4, 0.5) is 10.3 Å². The first-order valence-corrected chi connectivity index (χ1v) is 9.48. The summed E-state index contributed by atoms with van der Waals surface area (Å²) in [5, 5.41) is 14.0. The number of aryl methyl sites for hydroxylation is 1. The second-order valence-electron chi connectivity index (χ2n) is 7.88. The molecule has 2 aliphatic rings. The van der Waals surface area contributed by atoms with Gasteiger partial charge in [0.15, 0.2) is 0 Å². The number of nitrogens with zero attached hydrogens (tertiary/aromatic N) is 2. The summed E-state index contributed by atoms with van der Waals surface area (Å²) in [6.45, 7) is 4.23. The van der Waals surface area contributed by atoms with Gasteiger partial charge in [0.1, 0.15) is 11.3 Å². The molecule has 1 saturated heterocycles. The van der Waals surface area contributed by atoms with E-state index >= 15 is 4.39 Å². The van der Waals surface area contributed by atoms with Gasteiger partial charge in [-0.25, -0.2) is 9.37 Å². The molecule has 27 heavy (non-hydrogen) atoms. The van der Waals surface area contributed by atoms with E-state index in [4.69, 9.17) is 4.74 Å². The first-order valence-electron chi connectivity index (χ1n) is 9.48. The molecule has 7 nitrogen and oxygen atoms in total. The van der Waals surface area contributed by atoms with Gasteiger partial charge in [0.05, 0.1) is 24.4 Å². The van der Waals surface area contributed by atoms with Crippen molar-refractivity contribution in [3.05, 3.63) is 27.7 Å². The van der Waals surface area contributed by atoms with Gasteiger partial charge >= 0.3 is 0 Å². The number of nitrogens with one attached hydrogen (secondary N) is 2. The molecular weight excluding hydrogens is 351 g/mol. The molecule has 1 saturated carbocycles. The topological polar surface area (TPSA) is 100 Å². The van der Waals surface area contributed by atoms with Crippen molar-refractivity contribution in [3.8, 4) is 0 Å². The van der Waals surface area contributed by atoms with E-state index < -0.39 is 11.8 Å². The monoisotopic (exact) mass is 376 g/mol. The predicted octanol–water partition coefficient (Wildman–Crippen LogP) is 2.18. The largest absolute Gasteiger partial charge is 0.389 e. The number of aliphatic hydroxyl groups excluding tert-OH is 1. The maximum atomic E-state index is 15.1. The van der Waals surface area contributed by atoms with Gasteiger partial charge in [-0.15, -0.1) is 0 Å². The number of anilines is 1. The van der Waals surface area contributed by atoms with Gasteiger partial charge in [-0.1, -0.05) is 0 Å². The van der Waals surface area contributed by atoms with Gasteiger partial charge < -0.3 is 20.1 Å². The van der Waals surface area contributed by atoms with E-state index in [0.29, 0.717) is 48.5 Å². The Balaban J connectivity index is 1.82. The number of fused-ring (bicyclic) bond motifs is 1. The molecular formula is C19H25FN4O3. The molecule has 2 fully saturated rings. The van der Waals surface area contributed by atoms with E-state index in [1.54, 1.807) is 6.92 Å². The maximum Gasteiger partial charge on any atom is 0.249 e. The summed E-state index contributed by atoms with van der Waals surface area (Å²) in [5.41, 5.74) is 0.163. The van der Waals surface area contributed by atoms with Crippen LogP contribution in [-0.4, -0.2) is 51.1 Å². The number of aromatic nitrogens is 3. The number of rotatable bonds is 3. The lowest BCUT2D eigenvalue weighted by atomic mass is 9.89. The Kier molecular flexibility index (Phi) is 4.63. The second kappa shape index (κ2) is 6.83. The van der Waals surface area contributed by atoms with Gasteiger partial charge in [0, 0.05) is 24.0 Å². The van der Waals surface area contributed by atoms with Crippen LogP contribution in [-0.2, 0) is 4.74 Å². The van der Waals surface area contributed by atoms with Crippen LogP contribution in [0.3, 0.4) is 0 Å². The first-order chi connectivity index (χ1) is 12.8. The van der Waals surface area contributed by atoms with Crippen molar-refractivity contribution in [1.29, 1.82) is 0 Å². The molecule has 0 bridgehead atoms. The van der Waals surface area contributed by atoms with Crippen LogP contribution < -0.4 is 10.9 Å². The third kappa shape index (κ3) is 3.43. The van der Waals surface area contributed by atoms with Crippen molar-refractivity contribution < 1.29 is 14.2 Å². The summed E-state index contributed by atoms with van der Waals surface area (Å²) in [5.74, 6) is -0.0554. The third-order valence-electron chi connectivity index (χ3n) is 5.78. The number of aliphatic hydroxyl groups is 1. The molecule has 3 heterocycles. The average molecular weight is 376 g/mol. The van der Waals surface area contributed by atoms with Crippen molar-refractivity contribution in [3.63, 3.8) is 0 Å². The van der Waals surface area contributed by atoms with E-state index in [1.165, 1.54) is 6.07 Å². The Hall–Kier alpha value is -2.06. The smallest absolute Gasteiger partial charge is 0.249 e. The molecule has 8 heteroatoms. The van der Waals surface area contributed by atoms with Crippen molar-refractivity contribution >= 4 is 17.0 Å².